The van der Waals surface area contributed by atoms with Gasteiger partial charge in [-0.1, -0.05) is 18.6 Å². The summed E-state index contributed by atoms with van der Waals surface area (Å²) in [6.07, 6.45) is 7.52. The van der Waals surface area contributed by atoms with Crippen molar-refractivity contribution >= 4 is 39.2 Å². The van der Waals surface area contributed by atoms with E-state index in [-0.39, 0.29) is 6.04 Å². The van der Waals surface area contributed by atoms with Crippen LogP contribution in [-0.2, 0) is 15.0 Å². The Morgan fingerprint density at radius 3 is 2.52 bits per heavy atom. The second kappa shape index (κ2) is 7.97. The second-order valence-electron chi connectivity index (χ2n) is 8.16. The first-order chi connectivity index (χ1) is 15.0. The summed E-state index contributed by atoms with van der Waals surface area (Å²) < 4.78 is 29.5. The van der Waals surface area contributed by atoms with Gasteiger partial charge < -0.3 is 4.98 Å². The van der Waals surface area contributed by atoms with E-state index in [1.807, 2.05) is 30.5 Å². The number of fused-ring (bicyclic) bond motifs is 1. The molecule has 5 rings (SSSR count). The van der Waals surface area contributed by atoms with Crippen LogP contribution < -0.4 is 9.62 Å². The minimum atomic E-state index is -3.54. The molecule has 0 radical (unpaired) electrons. The Balaban J connectivity index is 1.44. The fourth-order valence-electron chi connectivity index (χ4n) is 4.11. The number of aromatic amines is 1. The summed E-state index contributed by atoms with van der Waals surface area (Å²) in [4.78, 5) is 21.1. The number of rotatable bonds is 7. The van der Waals surface area contributed by atoms with E-state index in [0.29, 0.717) is 24.6 Å². The fraction of sp³-hybridized carbons (Fsp3) is 0.364. The largest absolute Gasteiger partial charge is 0.346 e. The summed E-state index contributed by atoms with van der Waals surface area (Å²) in [7, 11) is -3.54. The lowest BCUT2D eigenvalue weighted by Crippen LogP contribution is -2.39. The van der Waals surface area contributed by atoms with Crippen LogP contribution in [0.3, 0.4) is 0 Å². The number of anilines is 2. The molecule has 8 nitrogen and oxygen atoms in total. The molecular weight excluding hydrogens is 414 g/mol. The Bertz CT molecular complexity index is 1200. The second-order valence-corrected chi connectivity index (χ2v) is 9.83. The zero-order valence-corrected chi connectivity index (χ0v) is 17.9. The molecule has 2 aliphatic rings. The summed E-state index contributed by atoms with van der Waals surface area (Å²) >= 11 is 0. The van der Waals surface area contributed by atoms with E-state index in [4.69, 9.17) is 0 Å². The van der Waals surface area contributed by atoms with E-state index in [1.165, 1.54) is 4.31 Å². The van der Waals surface area contributed by atoms with E-state index < -0.39 is 10.2 Å². The topological polar surface area (TPSA) is 98.4 Å². The molecule has 0 atom stereocenters. The highest BCUT2D eigenvalue weighted by Gasteiger charge is 2.30. The van der Waals surface area contributed by atoms with Crippen molar-refractivity contribution in [3.8, 4) is 11.1 Å². The van der Waals surface area contributed by atoms with Crippen LogP contribution in [0, 0.1) is 0 Å². The molecule has 0 bridgehead atoms. The van der Waals surface area contributed by atoms with Crippen LogP contribution in [-0.4, -0.2) is 48.2 Å². The fourth-order valence-corrected chi connectivity index (χ4v) is 5.41. The molecule has 2 fully saturated rings. The molecule has 3 aromatic rings. The maximum Gasteiger partial charge on any atom is 0.301 e. The molecule has 1 saturated heterocycles. The Kier molecular flexibility index (Phi) is 5.15. The van der Waals surface area contributed by atoms with E-state index in [0.717, 1.165) is 60.7 Å². The van der Waals surface area contributed by atoms with Gasteiger partial charge in [-0.2, -0.15) is 12.7 Å². The van der Waals surface area contributed by atoms with E-state index in [2.05, 4.69) is 14.7 Å². The van der Waals surface area contributed by atoms with Gasteiger partial charge in [-0.05, 0) is 61.1 Å². The van der Waals surface area contributed by atoms with Crippen molar-refractivity contribution in [2.24, 2.45) is 0 Å². The molecular formula is C22H25N5O3S. The molecule has 31 heavy (non-hydrogen) atoms. The first-order valence-corrected chi connectivity index (χ1v) is 12.1. The van der Waals surface area contributed by atoms with Crippen LogP contribution in [0.2, 0.25) is 0 Å². The lowest BCUT2D eigenvalue weighted by molar-refractivity contribution is -0.107. The van der Waals surface area contributed by atoms with Crippen LogP contribution in [0.1, 0.15) is 32.1 Å². The normalized spacial score (nSPS) is 17.5. The number of nitrogens with one attached hydrogen (secondary N) is 2. The van der Waals surface area contributed by atoms with E-state index in [9.17, 15) is 13.2 Å². The number of H-pyrrole nitrogens is 1. The molecule has 0 spiro atoms. The first kappa shape index (κ1) is 20.0. The number of amides is 1. The van der Waals surface area contributed by atoms with Crippen molar-refractivity contribution in [1.82, 2.24) is 14.3 Å². The summed E-state index contributed by atoms with van der Waals surface area (Å²) in [5.41, 5.74) is 3.12. The monoisotopic (exact) mass is 439 g/mol. The van der Waals surface area contributed by atoms with E-state index in [1.54, 1.807) is 17.0 Å². The number of carbonyl (C=O) groups is 1. The number of piperidine rings is 1. The predicted molar refractivity (Wildman–Crippen MR) is 121 cm³/mol. The van der Waals surface area contributed by atoms with E-state index >= 15 is 0 Å². The van der Waals surface area contributed by atoms with Crippen LogP contribution in [0.25, 0.3) is 22.2 Å². The van der Waals surface area contributed by atoms with Gasteiger partial charge in [0.1, 0.15) is 11.5 Å². The average Bonchev–Trinajstić information content (AvgIpc) is 3.50. The molecule has 9 heteroatoms. The first-order valence-electron chi connectivity index (χ1n) is 10.7. The minimum Gasteiger partial charge on any atom is -0.346 e. The standard InChI is InChI=1S/C22H25N5O3S/c28-15-27(18-8-9-18)21-14-20(19-10-11-23-22(19)24-21)16-4-6-17(7-5-16)25-31(29,30)26-12-2-1-3-13-26/h4-7,10-11,14-15,18,25H,1-3,8-9,12-13H2,(H,23,24). The number of carbonyl (C=O) groups excluding carboxylic acids is 1. The van der Waals surface area contributed by atoms with Crippen LogP contribution in [0.15, 0.2) is 42.6 Å². The van der Waals surface area contributed by atoms with Gasteiger partial charge in [0.05, 0.1) is 0 Å². The van der Waals surface area contributed by atoms with Gasteiger partial charge in [-0.25, -0.2) is 4.98 Å². The Morgan fingerprint density at radius 1 is 1.10 bits per heavy atom. The highest BCUT2D eigenvalue weighted by atomic mass is 32.2. The third kappa shape index (κ3) is 4.03. The smallest absolute Gasteiger partial charge is 0.301 e. The van der Waals surface area contributed by atoms with Gasteiger partial charge in [0, 0.05) is 36.4 Å². The van der Waals surface area contributed by atoms with Crippen molar-refractivity contribution in [1.29, 1.82) is 0 Å². The predicted octanol–water partition coefficient (Wildman–Crippen LogP) is 3.50. The Labute approximate surface area is 181 Å². The van der Waals surface area contributed by atoms with Crippen LogP contribution in [0.5, 0.6) is 0 Å². The van der Waals surface area contributed by atoms with Crippen molar-refractivity contribution in [2.45, 2.75) is 38.1 Å². The Hall–Kier alpha value is -2.91. The zero-order valence-electron chi connectivity index (χ0n) is 17.1. The summed E-state index contributed by atoms with van der Waals surface area (Å²) in [5, 5.41) is 0.951. The van der Waals surface area contributed by atoms with Gasteiger partial charge in [0.15, 0.2) is 0 Å². The molecule has 1 aliphatic carbocycles. The minimum absolute atomic E-state index is 0.219. The molecule has 3 heterocycles. The lowest BCUT2D eigenvalue weighted by atomic mass is 10.0. The van der Waals surface area contributed by atoms with Crippen molar-refractivity contribution in [3.05, 3.63) is 42.6 Å². The molecule has 0 unspecified atom stereocenters. The highest BCUT2D eigenvalue weighted by Crippen LogP contribution is 2.35. The number of nitrogens with zero attached hydrogens (tertiary/aromatic N) is 3. The number of pyridine rings is 1. The molecule has 1 amide bonds. The molecule has 162 valence electrons. The molecule has 2 N–H and O–H groups in total. The molecule has 2 aromatic heterocycles. The van der Waals surface area contributed by atoms with Gasteiger partial charge >= 0.3 is 10.2 Å². The number of hydrogen-bond donors (Lipinski definition) is 2. The summed E-state index contributed by atoms with van der Waals surface area (Å²) in [6.45, 7) is 1.12. The quantitative estimate of drug-likeness (QED) is 0.551. The number of hydrogen-bond acceptors (Lipinski definition) is 4. The number of aromatic nitrogens is 2. The average molecular weight is 440 g/mol. The third-order valence-corrected chi connectivity index (χ3v) is 7.47. The number of benzene rings is 1. The molecule has 1 aromatic carbocycles. The maximum absolute atomic E-state index is 12.6. The zero-order chi connectivity index (χ0) is 21.4. The molecule has 1 saturated carbocycles. The van der Waals surface area contributed by atoms with Gasteiger partial charge in [-0.3, -0.25) is 14.4 Å². The van der Waals surface area contributed by atoms with Gasteiger partial charge in [0.25, 0.3) is 0 Å². The van der Waals surface area contributed by atoms with Crippen molar-refractivity contribution in [3.63, 3.8) is 0 Å². The van der Waals surface area contributed by atoms with Crippen molar-refractivity contribution in [2.75, 3.05) is 22.7 Å². The SMILES string of the molecule is O=CN(c1cc(-c2ccc(NS(=O)(=O)N3CCCCC3)cc2)c2cc[nH]c2n1)C1CC1. The summed E-state index contributed by atoms with van der Waals surface area (Å²) in [6, 6.07) is 11.4. The van der Waals surface area contributed by atoms with Gasteiger partial charge in [-0.15, -0.1) is 0 Å². The highest BCUT2D eigenvalue weighted by molar-refractivity contribution is 7.90. The molecule has 1 aliphatic heterocycles. The third-order valence-electron chi connectivity index (χ3n) is 5.93. The van der Waals surface area contributed by atoms with Crippen LogP contribution >= 0.6 is 0 Å². The Morgan fingerprint density at radius 2 is 1.84 bits per heavy atom. The van der Waals surface area contributed by atoms with Crippen molar-refractivity contribution < 1.29 is 13.2 Å². The lowest BCUT2D eigenvalue weighted by Gasteiger charge is -2.26. The van der Waals surface area contributed by atoms with Gasteiger partial charge in [0.2, 0.25) is 6.41 Å². The summed E-state index contributed by atoms with van der Waals surface area (Å²) in [5.74, 6) is 0.623. The maximum atomic E-state index is 12.6. The van der Waals surface area contributed by atoms with Crippen LogP contribution in [0.4, 0.5) is 11.5 Å².